The van der Waals surface area contributed by atoms with Gasteiger partial charge < -0.3 is 5.32 Å². The Morgan fingerprint density at radius 3 is 2.94 bits per heavy atom. The van der Waals surface area contributed by atoms with E-state index in [1.165, 1.54) is 10.4 Å². The first-order valence-corrected chi connectivity index (χ1v) is 6.48. The summed E-state index contributed by atoms with van der Waals surface area (Å²) in [5, 5.41) is 4.37. The first kappa shape index (κ1) is 11.5. The number of hydrogen-bond acceptors (Lipinski definition) is 4. The van der Waals surface area contributed by atoms with E-state index in [-0.39, 0.29) is 0 Å². The van der Waals surface area contributed by atoms with Crippen molar-refractivity contribution >= 4 is 43.3 Å². The highest BCUT2D eigenvalue weighted by Crippen LogP contribution is 2.32. The van der Waals surface area contributed by atoms with Gasteiger partial charge in [-0.25, -0.2) is 9.97 Å². The van der Waals surface area contributed by atoms with E-state index in [0.29, 0.717) is 6.54 Å². The number of nitrogens with one attached hydrogen (secondary N) is 1. The van der Waals surface area contributed by atoms with Crippen LogP contribution in [0.15, 0.2) is 17.4 Å². The van der Waals surface area contributed by atoms with Crippen molar-refractivity contribution in [2.24, 2.45) is 0 Å². The van der Waals surface area contributed by atoms with E-state index < -0.39 is 0 Å². The van der Waals surface area contributed by atoms with E-state index in [0.717, 1.165) is 20.5 Å². The van der Waals surface area contributed by atoms with Gasteiger partial charge in [0.05, 0.1) is 5.39 Å². The standard InChI is InChI=1S/C11H12BrN3S/c1-6(12)4-13-10-9-7(2)8(3)16-11(9)15-5-14-10/h5H,1,4H2,2-3H3,(H,13,14,15). The van der Waals surface area contributed by atoms with Crippen molar-refractivity contribution in [2.45, 2.75) is 13.8 Å². The molecule has 0 spiro atoms. The molecule has 1 N–H and O–H groups in total. The topological polar surface area (TPSA) is 37.8 Å². The van der Waals surface area contributed by atoms with Crippen LogP contribution in [0, 0.1) is 13.8 Å². The van der Waals surface area contributed by atoms with E-state index in [1.54, 1.807) is 17.7 Å². The minimum atomic E-state index is 0.667. The van der Waals surface area contributed by atoms with Gasteiger partial charge in [-0.2, -0.15) is 0 Å². The molecule has 0 unspecified atom stereocenters. The molecule has 2 aromatic rings. The van der Waals surface area contributed by atoms with Crippen molar-refractivity contribution in [3.05, 3.63) is 27.8 Å². The maximum atomic E-state index is 4.28. The van der Waals surface area contributed by atoms with Gasteiger partial charge in [-0.1, -0.05) is 22.5 Å². The molecule has 0 fully saturated rings. The molecular weight excluding hydrogens is 286 g/mol. The second kappa shape index (κ2) is 4.51. The number of anilines is 1. The van der Waals surface area contributed by atoms with Gasteiger partial charge in [0.15, 0.2) is 0 Å². The number of halogens is 1. The second-order valence-electron chi connectivity index (χ2n) is 3.56. The second-order valence-corrected chi connectivity index (χ2v) is 5.88. The number of rotatable bonds is 3. The van der Waals surface area contributed by atoms with Crippen molar-refractivity contribution in [1.29, 1.82) is 0 Å². The van der Waals surface area contributed by atoms with Crippen LogP contribution in [-0.4, -0.2) is 16.5 Å². The largest absolute Gasteiger partial charge is 0.365 e. The van der Waals surface area contributed by atoms with Crippen LogP contribution in [0.1, 0.15) is 10.4 Å². The Bertz CT molecular complexity index is 547. The fourth-order valence-electron chi connectivity index (χ4n) is 1.50. The molecule has 2 heterocycles. The first-order valence-electron chi connectivity index (χ1n) is 4.87. The van der Waals surface area contributed by atoms with Gasteiger partial charge in [0.1, 0.15) is 17.0 Å². The molecular formula is C11H12BrN3S. The Kier molecular flexibility index (Phi) is 3.25. The summed E-state index contributed by atoms with van der Waals surface area (Å²) in [6.45, 7) is 8.67. The lowest BCUT2D eigenvalue weighted by atomic mass is 10.2. The van der Waals surface area contributed by atoms with Crippen molar-refractivity contribution in [2.75, 3.05) is 11.9 Å². The molecule has 2 rings (SSSR count). The molecule has 0 amide bonds. The minimum absolute atomic E-state index is 0.667. The number of aryl methyl sites for hydroxylation is 2. The highest BCUT2D eigenvalue weighted by molar-refractivity contribution is 9.11. The molecule has 0 atom stereocenters. The number of hydrogen-bond donors (Lipinski definition) is 1. The third-order valence-electron chi connectivity index (χ3n) is 2.41. The summed E-state index contributed by atoms with van der Waals surface area (Å²) in [6, 6.07) is 0. The SMILES string of the molecule is C=C(Br)CNc1ncnc2sc(C)c(C)c12. The van der Waals surface area contributed by atoms with Gasteiger partial charge in [-0.15, -0.1) is 11.3 Å². The summed E-state index contributed by atoms with van der Waals surface area (Å²) in [6.07, 6.45) is 1.59. The van der Waals surface area contributed by atoms with Gasteiger partial charge in [-0.3, -0.25) is 0 Å². The summed E-state index contributed by atoms with van der Waals surface area (Å²) in [5.41, 5.74) is 1.25. The molecule has 84 valence electrons. The average molecular weight is 298 g/mol. The van der Waals surface area contributed by atoms with Gasteiger partial charge >= 0.3 is 0 Å². The third kappa shape index (κ3) is 2.10. The van der Waals surface area contributed by atoms with Crippen LogP contribution in [-0.2, 0) is 0 Å². The summed E-state index contributed by atoms with van der Waals surface area (Å²) in [5.74, 6) is 0.882. The van der Waals surface area contributed by atoms with Crippen molar-refractivity contribution in [1.82, 2.24) is 9.97 Å². The highest BCUT2D eigenvalue weighted by atomic mass is 79.9. The quantitative estimate of drug-likeness (QED) is 0.940. The molecule has 3 nitrogen and oxygen atoms in total. The predicted octanol–water partition coefficient (Wildman–Crippen LogP) is 3.63. The van der Waals surface area contributed by atoms with Crippen molar-refractivity contribution in [3.8, 4) is 0 Å². The predicted molar refractivity (Wildman–Crippen MR) is 73.4 cm³/mol. The zero-order chi connectivity index (χ0) is 11.7. The number of aromatic nitrogens is 2. The van der Waals surface area contributed by atoms with Gasteiger partial charge in [0.2, 0.25) is 0 Å². The number of thiophene rings is 1. The molecule has 0 aromatic carbocycles. The summed E-state index contributed by atoms with van der Waals surface area (Å²) in [7, 11) is 0. The van der Waals surface area contributed by atoms with Gasteiger partial charge in [-0.05, 0) is 19.4 Å². The maximum absolute atomic E-state index is 4.28. The lowest BCUT2D eigenvalue weighted by molar-refractivity contribution is 1.18. The molecule has 0 saturated heterocycles. The van der Waals surface area contributed by atoms with E-state index >= 15 is 0 Å². The fourth-order valence-corrected chi connectivity index (χ4v) is 2.63. The Morgan fingerprint density at radius 1 is 1.50 bits per heavy atom. The lowest BCUT2D eigenvalue weighted by Crippen LogP contribution is -2.03. The zero-order valence-electron chi connectivity index (χ0n) is 9.17. The molecule has 2 aromatic heterocycles. The summed E-state index contributed by atoms with van der Waals surface area (Å²) in [4.78, 5) is 10.9. The number of fused-ring (bicyclic) bond motifs is 1. The summed E-state index contributed by atoms with van der Waals surface area (Å²) < 4.78 is 0.906. The van der Waals surface area contributed by atoms with E-state index in [1.807, 2.05) is 0 Å². The highest BCUT2D eigenvalue weighted by Gasteiger charge is 2.11. The Hall–Kier alpha value is -0.940. The minimum Gasteiger partial charge on any atom is -0.365 e. The third-order valence-corrected chi connectivity index (χ3v) is 3.81. The molecule has 0 radical (unpaired) electrons. The molecule has 0 aliphatic heterocycles. The van der Waals surface area contributed by atoms with Crippen LogP contribution >= 0.6 is 27.3 Å². The van der Waals surface area contributed by atoms with Gasteiger partial charge in [0.25, 0.3) is 0 Å². The number of nitrogens with zero attached hydrogens (tertiary/aromatic N) is 2. The molecule has 0 saturated carbocycles. The first-order chi connectivity index (χ1) is 7.59. The smallest absolute Gasteiger partial charge is 0.138 e. The Balaban J connectivity index is 2.48. The molecule has 5 heteroatoms. The Morgan fingerprint density at radius 2 is 2.25 bits per heavy atom. The maximum Gasteiger partial charge on any atom is 0.138 e. The van der Waals surface area contributed by atoms with E-state index in [4.69, 9.17) is 0 Å². The zero-order valence-corrected chi connectivity index (χ0v) is 11.6. The Labute approximate surface area is 107 Å². The van der Waals surface area contributed by atoms with Gasteiger partial charge in [0, 0.05) is 15.9 Å². The van der Waals surface area contributed by atoms with Crippen LogP contribution in [0.5, 0.6) is 0 Å². The monoisotopic (exact) mass is 297 g/mol. The van der Waals surface area contributed by atoms with E-state index in [2.05, 4.69) is 51.6 Å². The average Bonchev–Trinajstić information content (AvgIpc) is 2.52. The molecule has 0 aliphatic rings. The van der Waals surface area contributed by atoms with Crippen LogP contribution < -0.4 is 5.32 Å². The molecule has 0 aliphatic carbocycles. The fraction of sp³-hybridized carbons (Fsp3) is 0.273. The van der Waals surface area contributed by atoms with Crippen LogP contribution in [0.4, 0.5) is 5.82 Å². The van der Waals surface area contributed by atoms with Crippen molar-refractivity contribution in [3.63, 3.8) is 0 Å². The van der Waals surface area contributed by atoms with Crippen molar-refractivity contribution < 1.29 is 0 Å². The summed E-state index contributed by atoms with van der Waals surface area (Å²) >= 11 is 5.02. The van der Waals surface area contributed by atoms with Crippen LogP contribution in [0.25, 0.3) is 10.2 Å². The van der Waals surface area contributed by atoms with Crippen LogP contribution in [0.2, 0.25) is 0 Å². The van der Waals surface area contributed by atoms with Crippen LogP contribution in [0.3, 0.4) is 0 Å². The molecule has 16 heavy (non-hydrogen) atoms. The normalized spacial score (nSPS) is 10.7. The molecule has 0 bridgehead atoms. The van der Waals surface area contributed by atoms with E-state index in [9.17, 15) is 0 Å². The lowest BCUT2D eigenvalue weighted by Gasteiger charge is -2.05.